The highest BCUT2D eigenvalue weighted by Gasteiger charge is 2.18. The van der Waals surface area contributed by atoms with Crippen LogP contribution in [0.25, 0.3) is 11.1 Å². The fourth-order valence-corrected chi connectivity index (χ4v) is 2.62. The van der Waals surface area contributed by atoms with E-state index in [1.807, 2.05) is 0 Å². The summed E-state index contributed by atoms with van der Waals surface area (Å²) >= 11 is 3.61. The summed E-state index contributed by atoms with van der Waals surface area (Å²) in [5.74, 6) is 0. The summed E-state index contributed by atoms with van der Waals surface area (Å²) in [6.07, 6.45) is 1.06. The van der Waals surface area contributed by atoms with Crippen LogP contribution < -0.4 is 0 Å². The predicted octanol–water partition coefficient (Wildman–Crippen LogP) is 4.02. The molecule has 14 heavy (non-hydrogen) atoms. The van der Waals surface area contributed by atoms with Crippen molar-refractivity contribution >= 4 is 15.9 Å². The molecule has 0 fully saturated rings. The molecule has 2 aromatic carbocycles. The molecule has 0 saturated heterocycles. The Hall–Kier alpha value is -1.08. The first-order valence-corrected chi connectivity index (χ1v) is 5.51. The van der Waals surface area contributed by atoms with Crippen LogP contribution in [0.3, 0.4) is 0 Å². The third kappa shape index (κ3) is 1.05. The third-order valence-corrected chi connectivity index (χ3v) is 3.54. The molecule has 0 spiro atoms. The van der Waals surface area contributed by atoms with Crippen molar-refractivity contribution < 1.29 is 0 Å². The number of benzene rings is 2. The topological polar surface area (TPSA) is 0 Å². The highest BCUT2D eigenvalue weighted by molar-refractivity contribution is 9.10. The van der Waals surface area contributed by atoms with E-state index < -0.39 is 0 Å². The molecule has 68 valence electrons. The zero-order valence-corrected chi connectivity index (χ0v) is 9.21. The van der Waals surface area contributed by atoms with E-state index in [-0.39, 0.29) is 0 Å². The van der Waals surface area contributed by atoms with Gasteiger partial charge in [0.1, 0.15) is 0 Å². The van der Waals surface area contributed by atoms with Gasteiger partial charge in [-0.2, -0.15) is 0 Å². The van der Waals surface area contributed by atoms with Gasteiger partial charge < -0.3 is 0 Å². The molecule has 3 rings (SSSR count). The predicted molar refractivity (Wildman–Crippen MR) is 62.4 cm³/mol. The minimum Gasteiger partial charge on any atom is -0.0619 e. The number of halogens is 1. The molecule has 0 unspecified atom stereocenters. The van der Waals surface area contributed by atoms with E-state index in [0.29, 0.717) is 0 Å². The maximum atomic E-state index is 3.61. The van der Waals surface area contributed by atoms with Crippen molar-refractivity contribution in [2.45, 2.75) is 6.42 Å². The van der Waals surface area contributed by atoms with Crippen molar-refractivity contribution in [3.8, 4) is 11.1 Å². The number of rotatable bonds is 0. The summed E-state index contributed by atoms with van der Waals surface area (Å²) < 4.78 is 1.23. The monoisotopic (exact) mass is 244 g/mol. The lowest BCUT2D eigenvalue weighted by Gasteiger charge is -2.01. The molecular weight excluding hydrogens is 236 g/mol. The second kappa shape index (κ2) is 2.96. The van der Waals surface area contributed by atoms with Crippen molar-refractivity contribution in [1.29, 1.82) is 0 Å². The van der Waals surface area contributed by atoms with Crippen LogP contribution in [0.4, 0.5) is 0 Å². The fourth-order valence-electron chi connectivity index (χ4n) is 2.12. The first-order valence-electron chi connectivity index (χ1n) is 4.72. The second-order valence-electron chi connectivity index (χ2n) is 3.60. The van der Waals surface area contributed by atoms with E-state index in [0.717, 1.165) is 6.42 Å². The summed E-state index contributed by atoms with van der Waals surface area (Å²) in [7, 11) is 0. The van der Waals surface area contributed by atoms with Gasteiger partial charge in [-0.05, 0) is 34.7 Å². The highest BCUT2D eigenvalue weighted by atomic mass is 79.9. The van der Waals surface area contributed by atoms with Gasteiger partial charge in [0.15, 0.2) is 0 Å². The third-order valence-electron chi connectivity index (χ3n) is 2.79. The Kier molecular flexibility index (Phi) is 1.74. The Balaban J connectivity index is 2.33. The molecule has 0 nitrogen and oxygen atoms in total. The number of hydrogen-bond acceptors (Lipinski definition) is 0. The molecular formula is C13H9Br. The average Bonchev–Trinajstić information content (AvgIpc) is 2.59. The molecule has 0 aromatic heterocycles. The van der Waals surface area contributed by atoms with Crippen LogP contribution in [0.1, 0.15) is 11.1 Å². The van der Waals surface area contributed by atoms with Gasteiger partial charge in [-0.1, -0.05) is 52.3 Å². The van der Waals surface area contributed by atoms with Gasteiger partial charge in [0.05, 0.1) is 0 Å². The molecule has 1 aliphatic carbocycles. The fraction of sp³-hybridized carbons (Fsp3) is 0.0769. The van der Waals surface area contributed by atoms with Crippen molar-refractivity contribution in [1.82, 2.24) is 0 Å². The van der Waals surface area contributed by atoms with Crippen LogP contribution in [-0.4, -0.2) is 0 Å². The summed E-state index contributed by atoms with van der Waals surface area (Å²) in [5, 5.41) is 0. The van der Waals surface area contributed by atoms with Gasteiger partial charge in [0.25, 0.3) is 0 Å². The van der Waals surface area contributed by atoms with Crippen molar-refractivity contribution in [2.24, 2.45) is 0 Å². The number of fused-ring (bicyclic) bond motifs is 3. The van der Waals surface area contributed by atoms with Crippen molar-refractivity contribution in [2.75, 3.05) is 0 Å². The van der Waals surface area contributed by atoms with Gasteiger partial charge in [0, 0.05) is 4.47 Å². The molecule has 0 saturated carbocycles. The van der Waals surface area contributed by atoms with E-state index in [1.165, 1.54) is 26.7 Å². The Morgan fingerprint density at radius 1 is 0.857 bits per heavy atom. The maximum Gasteiger partial charge on any atom is 0.0216 e. The van der Waals surface area contributed by atoms with Crippen LogP contribution in [0.5, 0.6) is 0 Å². The molecule has 1 heteroatoms. The zero-order chi connectivity index (χ0) is 9.54. The molecule has 0 heterocycles. The van der Waals surface area contributed by atoms with E-state index in [9.17, 15) is 0 Å². The highest BCUT2D eigenvalue weighted by Crippen LogP contribution is 2.39. The average molecular weight is 245 g/mol. The van der Waals surface area contributed by atoms with Gasteiger partial charge in [-0.3, -0.25) is 0 Å². The normalized spacial score (nSPS) is 12.4. The Bertz CT molecular complexity index is 500. The van der Waals surface area contributed by atoms with Gasteiger partial charge in [-0.15, -0.1) is 0 Å². The van der Waals surface area contributed by atoms with Crippen molar-refractivity contribution in [3.05, 3.63) is 58.1 Å². The second-order valence-corrected chi connectivity index (χ2v) is 4.45. The molecule has 0 N–H and O–H groups in total. The lowest BCUT2D eigenvalue weighted by atomic mass is 10.1. The molecule has 0 amide bonds. The van der Waals surface area contributed by atoms with Crippen LogP contribution in [0.15, 0.2) is 46.9 Å². The molecule has 1 aliphatic rings. The van der Waals surface area contributed by atoms with E-state index in [2.05, 4.69) is 58.4 Å². The Morgan fingerprint density at radius 3 is 2.57 bits per heavy atom. The lowest BCUT2D eigenvalue weighted by Crippen LogP contribution is -1.80. The number of hydrogen-bond donors (Lipinski definition) is 0. The Morgan fingerprint density at radius 2 is 1.64 bits per heavy atom. The van der Waals surface area contributed by atoms with Gasteiger partial charge >= 0.3 is 0 Å². The van der Waals surface area contributed by atoms with Crippen molar-refractivity contribution in [3.63, 3.8) is 0 Å². The van der Waals surface area contributed by atoms with E-state index >= 15 is 0 Å². The van der Waals surface area contributed by atoms with E-state index in [1.54, 1.807) is 0 Å². The van der Waals surface area contributed by atoms with Gasteiger partial charge in [-0.25, -0.2) is 0 Å². The molecule has 0 atom stereocenters. The Labute approximate surface area is 91.7 Å². The summed E-state index contributed by atoms with van der Waals surface area (Å²) in [5.41, 5.74) is 5.64. The summed E-state index contributed by atoms with van der Waals surface area (Å²) in [4.78, 5) is 0. The van der Waals surface area contributed by atoms with Gasteiger partial charge in [0.2, 0.25) is 0 Å². The summed E-state index contributed by atoms with van der Waals surface area (Å²) in [6.45, 7) is 0. The quantitative estimate of drug-likeness (QED) is 0.561. The van der Waals surface area contributed by atoms with Crippen LogP contribution in [0, 0.1) is 0 Å². The lowest BCUT2D eigenvalue weighted by molar-refractivity contribution is 1.25. The van der Waals surface area contributed by atoms with Crippen LogP contribution in [-0.2, 0) is 6.42 Å². The SMILES string of the molecule is Brc1cccc2c1Cc1ccccc1-2. The zero-order valence-electron chi connectivity index (χ0n) is 7.63. The largest absolute Gasteiger partial charge is 0.0619 e. The minimum absolute atomic E-state index is 1.06. The first-order chi connectivity index (χ1) is 6.86. The molecule has 2 aromatic rings. The molecule has 0 bridgehead atoms. The minimum atomic E-state index is 1.06. The van der Waals surface area contributed by atoms with E-state index in [4.69, 9.17) is 0 Å². The van der Waals surface area contributed by atoms with Crippen LogP contribution in [0.2, 0.25) is 0 Å². The molecule has 0 aliphatic heterocycles. The van der Waals surface area contributed by atoms with Crippen LogP contribution >= 0.6 is 15.9 Å². The smallest absolute Gasteiger partial charge is 0.0216 e. The standard InChI is InChI=1S/C13H9Br/c14-13-7-3-6-11-10-5-2-1-4-9(10)8-12(11)13/h1-7H,8H2. The summed E-state index contributed by atoms with van der Waals surface area (Å²) in [6, 6.07) is 15.0. The maximum absolute atomic E-state index is 3.61. The molecule has 0 radical (unpaired) electrons. The first kappa shape index (κ1) is 8.25.